The highest BCUT2D eigenvalue weighted by molar-refractivity contribution is 6.05. The van der Waals surface area contributed by atoms with Crippen molar-refractivity contribution >= 4 is 29.2 Å². The second kappa shape index (κ2) is 8.30. The largest absolute Gasteiger partial charge is 0.465 e. The minimum absolute atomic E-state index is 0.268. The van der Waals surface area contributed by atoms with Crippen molar-refractivity contribution in [2.24, 2.45) is 0 Å². The number of carbonyl (C=O) groups is 2. The summed E-state index contributed by atoms with van der Waals surface area (Å²) in [5, 5.41) is 5.92. The number of aryl methyl sites for hydroxylation is 2. The lowest BCUT2D eigenvalue weighted by atomic mass is 10.1. The lowest BCUT2D eigenvalue weighted by Crippen LogP contribution is -2.12. The Bertz CT molecular complexity index is 996. The van der Waals surface area contributed by atoms with Gasteiger partial charge in [0.1, 0.15) is 0 Å². The number of carbonyl (C=O) groups excluding carboxylic acids is 2. The molecule has 0 fully saturated rings. The van der Waals surface area contributed by atoms with Gasteiger partial charge in [0.25, 0.3) is 5.91 Å². The first-order valence-corrected chi connectivity index (χ1v) is 8.64. The molecule has 0 spiro atoms. The molecule has 0 saturated carbocycles. The smallest absolute Gasteiger partial charge is 0.337 e. The molecule has 7 heteroatoms. The number of rotatable bonds is 5. The fraction of sp³-hybridized carbons (Fsp3) is 0.143. The molecule has 0 aliphatic rings. The average Bonchev–Trinajstić information content (AvgIpc) is 2.67. The molecule has 1 aromatic heterocycles. The van der Waals surface area contributed by atoms with Crippen LogP contribution in [-0.4, -0.2) is 29.0 Å². The summed E-state index contributed by atoms with van der Waals surface area (Å²) in [7, 11) is 1.32. The lowest BCUT2D eigenvalue weighted by Gasteiger charge is -2.09. The third-order valence-electron chi connectivity index (χ3n) is 3.93. The quantitative estimate of drug-likeness (QED) is 0.657. The van der Waals surface area contributed by atoms with E-state index in [9.17, 15) is 9.59 Å². The van der Waals surface area contributed by atoms with Crippen molar-refractivity contribution in [3.63, 3.8) is 0 Å². The minimum Gasteiger partial charge on any atom is -0.465 e. The number of aromatic nitrogens is 2. The molecule has 0 aliphatic heterocycles. The molecule has 1 heterocycles. The van der Waals surface area contributed by atoms with E-state index in [4.69, 9.17) is 0 Å². The standard InChI is InChI=1S/C21H20N4O3/c1-13-11-14(2)23-21(22-13)25-18-6-4-5-16(12-18)19(26)24-17-9-7-15(8-10-17)20(27)28-3/h4-12H,1-3H3,(H,24,26)(H,22,23,25). The van der Waals surface area contributed by atoms with Crippen molar-refractivity contribution in [2.45, 2.75) is 13.8 Å². The molecule has 0 saturated heterocycles. The molecule has 0 aliphatic carbocycles. The van der Waals surface area contributed by atoms with Gasteiger partial charge in [0.15, 0.2) is 0 Å². The number of hydrogen-bond donors (Lipinski definition) is 2. The Hall–Kier alpha value is -3.74. The number of nitrogens with zero attached hydrogens (tertiary/aromatic N) is 2. The number of amides is 1. The number of ether oxygens (including phenoxy) is 1. The van der Waals surface area contributed by atoms with Gasteiger partial charge in [0, 0.05) is 28.3 Å². The van der Waals surface area contributed by atoms with Crippen LogP contribution in [0.2, 0.25) is 0 Å². The zero-order chi connectivity index (χ0) is 20.1. The summed E-state index contributed by atoms with van der Waals surface area (Å²) >= 11 is 0. The van der Waals surface area contributed by atoms with Crippen LogP contribution in [-0.2, 0) is 4.74 Å². The van der Waals surface area contributed by atoms with Crippen LogP contribution >= 0.6 is 0 Å². The molecule has 0 unspecified atom stereocenters. The van der Waals surface area contributed by atoms with Gasteiger partial charge in [0.05, 0.1) is 12.7 Å². The predicted molar refractivity (Wildman–Crippen MR) is 107 cm³/mol. The van der Waals surface area contributed by atoms with Crippen LogP contribution in [0.4, 0.5) is 17.3 Å². The Balaban J connectivity index is 1.72. The van der Waals surface area contributed by atoms with E-state index in [-0.39, 0.29) is 5.91 Å². The highest BCUT2D eigenvalue weighted by atomic mass is 16.5. The molecule has 28 heavy (non-hydrogen) atoms. The van der Waals surface area contributed by atoms with Crippen molar-refractivity contribution in [2.75, 3.05) is 17.7 Å². The van der Waals surface area contributed by atoms with E-state index in [0.717, 1.165) is 11.4 Å². The van der Waals surface area contributed by atoms with Crippen molar-refractivity contribution in [3.8, 4) is 0 Å². The maximum Gasteiger partial charge on any atom is 0.337 e. The Morgan fingerprint density at radius 3 is 2.18 bits per heavy atom. The Kier molecular flexibility index (Phi) is 5.64. The van der Waals surface area contributed by atoms with Gasteiger partial charge in [-0.1, -0.05) is 6.07 Å². The average molecular weight is 376 g/mol. The van der Waals surface area contributed by atoms with Gasteiger partial charge in [-0.2, -0.15) is 0 Å². The first-order valence-electron chi connectivity index (χ1n) is 8.64. The van der Waals surface area contributed by atoms with Gasteiger partial charge in [-0.15, -0.1) is 0 Å². The minimum atomic E-state index is -0.426. The third kappa shape index (κ3) is 4.70. The highest BCUT2D eigenvalue weighted by Crippen LogP contribution is 2.17. The summed E-state index contributed by atoms with van der Waals surface area (Å²) in [4.78, 5) is 32.7. The zero-order valence-electron chi connectivity index (χ0n) is 15.8. The predicted octanol–water partition coefficient (Wildman–Crippen LogP) is 3.88. The van der Waals surface area contributed by atoms with E-state index in [1.54, 1.807) is 42.5 Å². The Morgan fingerprint density at radius 1 is 0.857 bits per heavy atom. The molecular weight excluding hydrogens is 356 g/mol. The van der Waals surface area contributed by atoms with E-state index in [1.165, 1.54) is 7.11 Å². The normalized spacial score (nSPS) is 10.2. The van der Waals surface area contributed by atoms with Gasteiger partial charge in [-0.25, -0.2) is 14.8 Å². The number of anilines is 3. The molecule has 1 amide bonds. The second-order valence-corrected chi connectivity index (χ2v) is 6.20. The lowest BCUT2D eigenvalue weighted by molar-refractivity contribution is 0.0600. The third-order valence-corrected chi connectivity index (χ3v) is 3.93. The number of esters is 1. The first kappa shape index (κ1) is 19.0. The van der Waals surface area contributed by atoms with E-state index in [0.29, 0.717) is 28.5 Å². The maximum atomic E-state index is 12.5. The summed E-state index contributed by atoms with van der Waals surface area (Å²) in [6.45, 7) is 3.80. The van der Waals surface area contributed by atoms with Gasteiger partial charge >= 0.3 is 5.97 Å². The number of benzene rings is 2. The van der Waals surface area contributed by atoms with E-state index >= 15 is 0 Å². The fourth-order valence-electron chi connectivity index (χ4n) is 2.66. The molecule has 2 aromatic carbocycles. The summed E-state index contributed by atoms with van der Waals surface area (Å²) in [6.07, 6.45) is 0. The number of methoxy groups -OCH3 is 1. The molecule has 0 radical (unpaired) electrons. The van der Waals surface area contributed by atoms with Crippen LogP contribution in [0.1, 0.15) is 32.1 Å². The summed E-state index contributed by atoms with van der Waals surface area (Å²) < 4.78 is 4.66. The van der Waals surface area contributed by atoms with E-state index in [1.807, 2.05) is 26.0 Å². The van der Waals surface area contributed by atoms with Crippen LogP contribution in [0.15, 0.2) is 54.6 Å². The second-order valence-electron chi connectivity index (χ2n) is 6.20. The summed E-state index contributed by atoms with van der Waals surface area (Å²) in [6, 6.07) is 15.4. The highest BCUT2D eigenvalue weighted by Gasteiger charge is 2.09. The van der Waals surface area contributed by atoms with E-state index in [2.05, 4.69) is 25.3 Å². The molecule has 2 N–H and O–H groups in total. The first-order chi connectivity index (χ1) is 13.4. The van der Waals surface area contributed by atoms with Gasteiger partial charge in [-0.05, 0) is 62.4 Å². The summed E-state index contributed by atoms with van der Waals surface area (Å²) in [5.41, 5.74) is 3.90. The topological polar surface area (TPSA) is 93.2 Å². The van der Waals surface area contributed by atoms with Crippen LogP contribution in [0, 0.1) is 13.8 Å². The molecule has 0 bridgehead atoms. The van der Waals surface area contributed by atoms with Crippen LogP contribution in [0.5, 0.6) is 0 Å². The molecule has 142 valence electrons. The molecule has 3 aromatic rings. The van der Waals surface area contributed by atoms with Crippen molar-refractivity contribution < 1.29 is 14.3 Å². The number of nitrogens with one attached hydrogen (secondary N) is 2. The monoisotopic (exact) mass is 376 g/mol. The molecule has 0 atom stereocenters. The van der Waals surface area contributed by atoms with Crippen molar-refractivity contribution in [1.82, 2.24) is 9.97 Å². The molecule has 3 rings (SSSR count). The van der Waals surface area contributed by atoms with Crippen molar-refractivity contribution in [3.05, 3.63) is 77.1 Å². The van der Waals surface area contributed by atoms with Crippen LogP contribution in [0.25, 0.3) is 0 Å². The SMILES string of the molecule is COC(=O)c1ccc(NC(=O)c2cccc(Nc3nc(C)cc(C)n3)c2)cc1. The van der Waals surface area contributed by atoms with Crippen LogP contribution < -0.4 is 10.6 Å². The van der Waals surface area contributed by atoms with Crippen molar-refractivity contribution in [1.29, 1.82) is 0 Å². The zero-order valence-corrected chi connectivity index (χ0v) is 15.8. The van der Waals surface area contributed by atoms with Crippen LogP contribution in [0.3, 0.4) is 0 Å². The number of hydrogen-bond acceptors (Lipinski definition) is 6. The molecule has 7 nitrogen and oxygen atoms in total. The summed E-state index contributed by atoms with van der Waals surface area (Å²) in [5.74, 6) is -0.213. The van der Waals surface area contributed by atoms with E-state index < -0.39 is 5.97 Å². The van der Waals surface area contributed by atoms with Gasteiger partial charge < -0.3 is 15.4 Å². The van der Waals surface area contributed by atoms with Gasteiger partial charge in [-0.3, -0.25) is 4.79 Å². The van der Waals surface area contributed by atoms with Gasteiger partial charge in [0.2, 0.25) is 5.95 Å². The fourth-order valence-corrected chi connectivity index (χ4v) is 2.66. The Morgan fingerprint density at radius 2 is 1.54 bits per heavy atom. The maximum absolute atomic E-state index is 12.5. The Labute approximate surface area is 162 Å². The molecular formula is C21H20N4O3.